The minimum atomic E-state index is -0.185. The maximum atomic E-state index is 12.9. The van der Waals surface area contributed by atoms with E-state index in [1.54, 1.807) is 11.3 Å². The van der Waals surface area contributed by atoms with Gasteiger partial charge in [0.2, 0.25) is 0 Å². The van der Waals surface area contributed by atoms with Crippen LogP contribution in [0, 0.1) is 5.41 Å². The van der Waals surface area contributed by atoms with Crippen LogP contribution in [0.1, 0.15) is 45.5 Å². The monoisotopic (exact) mass is 401 g/mol. The molecule has 0 saturated carbocycles. The SMILES string of the molecule is C[C@@H]1CN(c2ccccc2NC(=O)N[C@@H](c2cccs2)C(C)(C)C)C[C@@H](C)O1. The average Bonchev–Trinajstić information content (AvgIpc) is 3.12. The number of urea groups is 1. The van der Waals surface area contributed by atoms with E-state index in [4.69, 9.17) is 4.74 Å². The number of carbonyl (C=O) groups excluding carboxylic acids is 1. The molecule has 1 aromatic heterocycles. The Hall–Kier alpha value is -2.05. The zero-order valence-corrected chi connectivity index (χ0v) is 18.2. The summed E-state index contributed by atoms with van der Waals surface area (Å²) >= 11 is 1.67. The summed E-state index contributed by atoms with van der Waals surface area (Å²) in [5.41, 5.74) is 1.76. The molecule has 2 heterocycles. The number of carbonyl (C=O) groups is 1. The van der Waals surface area contributed by atoms with Crippen molar-refractivity contribution < 1.29 is 9.53 Å². The minimum absolute atomic E-state index is 0.0527. The third-order valence-electron chi connectivity index (χ3n) is 4.88. The molecule has 2 amide bonds. The van der Waals surface area contributed by atoms with Gasteiger partial charge in [0.15, 0.2) is 0 Å². The number of hydrogen-bond acceptors (Lipinski definition) is 4. The molecule has 152 valence electrons. The molecular weight excluding hydrogens is 370 g/mol. The van der Waals surface area contributed by atoms with E-state index < -0.39 is 0 Å². The van der Waals surface area contributed by atoms with Gasteiger partial charge in [-0.05, 0) is 42.8 Å². The lowest BCUT2D eigenvalue weighted by atomic mass is 9.86. The van der Waals surface area contributed by atoms with Gasteiger partial charge >= 0.3 is 6.03 Å². The Morgan fingerprint density at radius 1 is 1.14 bits per heavy atom. The molecule has 3 atom stereocenters. The smallest absolute Gasteiger partial charge is 0.319 e. The summed E-state index contributed by atoms with van der Waals surface area (Å²) in [4.78, 5) is 16.3. The zero-order chi connectivity index (χ0) is 20.3. The van der Waals surface area contributed by atoms with E-state index in [0.717, 1.165) is 29.3 Å². The molecule has 3 rings (SSSR count). The lowest BCUT2D eigenvalue weighted by Crippen LogP contribution is -2.46. The molecule has 1 fully saturated rings. The highest BCUT2D eigenvalue weighted by Gasteiger charge is 2.29. The van der Waals surface area contributed by atoms with Crippen molar-refractivity contribution in [2.75, 3.05) is 23.3 Å². The Morgan fingerprint density at radius 2 is 1.82 bits per heavy atom. The molecular formula is C22H31N3O2S. The molecule has 28 heavy (non-hydrogen) atoms. The second kappa shape index (κ2) is 8.53. The van der Waals surface area contributed by atoms with Crippen molar-refractivity contribution in [2.24, 2.45) is 5.41 Å². The number of morpholine rings is 1. The van der Waals surface area contributed by atoms with E-state index in [-0.39, 0.29) is 29.7 Å². The third kappa shape index (κ3) is 5.06. The number of thiophene rings is 1. The molecule has 2 aromatic rings. The average molecular weight is 402 g/mol. The summed E-state index contributed by atoms with van der Waals surface area (Å²) in [6, 6.07) is 11.8. The van der Waals surface area contributed by atoms with Crippen LogP contribution in [0.4, 0.5) is 16.2 Å². The lowest BCUT2D eigenvalue weighted by Gasteiger charge is -2.37. The van der Waals surface area contributed by atoms with Crippen LogP contribution in [0.3, 0.4) is 0 Å². The number of nitrogens with one attached hydrogen (secondary N) is 2. The highest BCUT2D eigenvalue weighted by Crippen LogP contribution is 2.35. The number of para-hydroxylation sites is 2. The van der Waals surface area contributed by atoms with Gasteiger partial charge in [0.1, 0.15) is 0 Å². The Kier molecular flexibility index (Phi) is 6.30. The number of ether oxygens (including phenoxy) is 1. The first-order valence-corrected chi connectivity index (χ1v) is 10.7. The van der Waals surface area contributed by atoms with Crippen molar-refractivity contribution in [2.45, 2.75) is 52.9 Å². The van der Waals surface area contributed by atoms with Gasteiger partial charge in [-0.2, -0.15) is 0 Å². The van der Waals surface area contributed by atoms with Crippen molar-refractivity contribution >= 4 is 28.7 Å². The Bertz CT molecular complexity index is 775. The predicted molar refractivity (Wildman–Crippen MR) is 117 cm³/mol. The zero-order valence-electron chi connectivity index (χ0n) is 17.4. The second-order valence-corrected chi connectivity index (χ2v) is 9.57. The summed E-state index contributed by atoms with van der Waals surface area (Å²) < 4.78 is 5.85. The second-order valence-electron chi connectivity index (χ2n) is 8.59. The maximum Gasteiger partial charge on any atom is 0.319 e. The standard InChI is InChI=1S/C22H31N3O2S/c1-15-13-25(14-16(2)27-15)18-10-7-6-9-17(18)23-21(26)24-20(22(3,4)5)19-11-8-12-28-19/h6-12,15-16,20H,13-14H2,1-5H3,(H2,23,24,26)/t15-,16-,20+/m1/s1. The van der Waals surface area contributed by atoms with Gasteiger partial charge in [-0.3, -0.25) is 0 Å². The fourth-order valence-corrected chi connectivity index (χ4v) is 4.71. The van der Waals surface area contributed by atoms with Gasteiger partial charge in [0.05, 0.1) is 29.6 Å². The Morgan fingerprint density at radius 3 is 2.43 bits per heavy atom. The molecule has 5 nitrogen and oxygen atoms in total. The normalized spacial score (nSPS) is 21.2. The van der Waals surface area contributed by atoms with Crippen LogP contribution in [0.25, 0.3) is 0 Å². The highest BCUT2D eigenvalue weighted by atomic mass is 32.1. The van der Waals surface area contributed by atoms with E-state index >= 15 is 0 Å². The molecule has 0 bridgehead atoms. The molecule has 0 spiro atoms. The third-order valence-corrected chi connectivity index (χ3v) is 5.82. The van der Waals surface area contributed by atoms with Gasteiger partial charge in [0, 0.05) is 18.0 Å². The molecule has 2 N–H and O–H groups in total. The van der Waals surface area contributed by atoms with Crippen LogP contribution in [-0.4, -0.2) is 31.3 Å². The molecule has 6 heteroatoms. The van der Waals surface area contributed by atoms with Gasteiger partial charge < -0.3 is 20.3 Å². The number of anilines is 2. The van der Waals surface area contributed by atoms with Crippen LogP contribution in [0.2, 0.25) is 0 Å². The number of benzene rings is 1. The summed E-state index contributed by atoms with van der Waals surface area (Å²) in [6.45, 7) is 12.2. The van der Waals surface area contributed by atoms with E-state index in [9.17, 15) is 4.79 Å². The van der Waals surface area contributed by atoms with Gasteiger partial charge in [-0.25, -0.2) is 4.79 Å². The number of hydrogen-bond donors (Lipinski definition) is 2. The fraction of sp³-hybridized carbons (Fsp3) is 0.500. The molecule has 0 radical (unpaired) electrons. The van der Waals surface area contributed by atoms with Gasteiger partial charge in [-0.15, -0.1) is 11.3 Å². The molecule has 1 aliphatic rings. The molecule has 0 aliphatic carbocycles. The van der Waals surface area contributed by atoms with Gasteiger partial charge in [-0.1, -0.05) is 39.0 Å². The first kappa shape index (κ1) is 20.7. The van der Waals surface area contributed by atoms with Crippen LogP contribution in [0.15, 0.2) is 41.8 Å². The summed E-state index contributed by atoms with van der Waals surface area (Å²) in [5, 5.41) is 8.29. The maximum absolute atomic E-state index is 12.9. The van der Waals surface area contributed by atoms with E-state index in [0.29, 0.717) is 0 Å². The summed E-state index contributed by atoms with van der Waals surface area (Å²) in [5.74, 6) is 0. The summed E-state index contributed by atoms with van der Waals surface area (Å²) in [6.07, 6.45) is 0.324. The molecule has 1 saturated heterocycles. The van der Waals surface area contributed by atoms with Crippen molar-refractivity contribution in [1.82, 2.24) is 5.32 Å². The first-order chi connectivity index (χ1) is 13.2. The lowest BCUT2D eigenvalue weighted by molar-refractivity contribution is -0.00517. The van der Waals surface area contributed by atoms with Crippen molar-refractivity contribution in [3.8, 4) is 0 Å². The Balaban J connectivity index is 1.75. The molecule has 1 aromatic carbocycles. The number of rotatable bonds is 4. The van der Waals surface area contributed by atoms with E-state index in [1.165, 1.54) is 0 Å². The number of nitrogens with zero attached hydrogens (tertiary/aromatic N) is 1. The van der Waals surface area contributed by atoms with Gasteiger partial charge in [0.25, 0.3) is 0 Å². The van der Waals surface area contributed by atoms with E-state index in [1.807, 2.05) is 29.6 Å². The van der Waals surface area contributed by atoms with Crippen LogP contribution in [-0.2, 0) is 4.74 Å². The van der Waals surface area contributed by atoms with Crippen LogP contribution < -0.4 is 15.5 Å². The highest BCUT2D eigenvalue weighted by molar-refractivity contribution is 7.10. The fourth-order valence-electron chi connectivity index (χ4n) is 3.69. The quantitative estimate of drug-likeness (QED) is 0.734. The van der Waals surface area contributed by atoms with Crippen molar-refractivity contribution in [3.05, 3.63) is 46.7 Å². The molecule has 1 aliphatic heterocycles. The largest absolute Gasteiger partial charge is 0.372 e. The first-order valence-electron chi connectivity index (χ1n) is 9.84. The topological polar surface area (TPSA) is 53.6 Å². The predicted octanol–water partition coefficient (Wildman–Crippen LogP) is 5.27. The Labute approximate surface area is 172 Å². The van der Waals surface area contributed by atoms with E-state index in [2.05, 4.69) is 62.3 Å². The summed E-state index contributed by atoms with van der Waals surface area (Å²) in [7, 11) is 0. The number of amides is 2. The molecule has 0 unspecified atom stereocenters. The minimum Gasteiger partial charge on any atom is -0.372 e. The van der Waals surface area contributed by atoms with Crippen molar-refractivity contribution in [1.29, 1.82) is 0 Å². The van der Waals surface area contributed by atoms with Crippen molar-refractivity contribution in [3.63, 3.8) is 0 Å². The van der Waals surface area contributed by atoms with Crippen LogP contribution >= 0.6 is 11.3 Å². The van der Waals surface area contributed by atoms with Crippen LogP contribution in [0.5, 0.6) is 0 Å².